The number of methoxy groups -OCH3 is 1. The van der Waals surface area contributed by atoms with Crippen LogP contribution in [0.1, 0.15) is 17.4 Å². The van der Waals surface area contributed by atoms with Crippen molar-refractivity contribution in [2.45, 2.75) is 24.6 Å². The molecule has 6 nitrogen and oxygen atoms in total. The molecule has 0 aromatic heterocycles. The number of ether oxygens (including phenoxy) is 4. The lowest BCUT2D eigenvalue weighted by atomic mass is 10.2. The lowest BCUT2D eigenvalue weighted by Crippen LogP contribution is -2.33. The number of alkyl halides is 3. The molecule has 0 radical (unpaired) electrons. The Balaban J connectivity index is 1.42. The van der Waals surface area contributed by atoms with Gasteiger partial charge in [0.15, 0.2) is 5.76 Å². The van der Waals surface area contributed by atoms with Gasteiger partial charge in [0.05, 0.1) is 12.9 Å². The Hall–Kier alpha value is -3.01. The molecule has 2 aliphatic heterocycles. The summed E-state index contributed by atoms with van der Waals surface area (Å²) in [6, 6.07) is 12.7. The molecule has 0 spiro atoms. The van der Waals surface area contributed by atoms with Crippen molar-refractivity contribution in [3.63, 3.8) is 0 Å². The summed E-state index contributed by atoms with van der Waals surface area (Å²) < 4.78 is 57.7. The first kappa shape index (κ1) is 21.2. The highest BCUT2D eigenvalue weighted by molar-refractivity contribution is 8.01. The molecular weight excluding hydrogens is 435 g/mol. The van der Waals surface area contributed by atoms with E-state index in [-0.39, 0.29) is 24.0 Å². The molecule has 2 atom stereocenters. The highest BCUT2D eigenvalue weighted by atomic mass is 32.2. The first-order chi connectivity index (χ1) is 14.8. The molecule has 31 heavy (non-hydrogen) atoms. The maximum Gasteiger partial charge on any atom is 0.573 e. The van der Waals surface area contributed by atoms with Gasteiger partial charge in [-0.15, -0.1) is 24.9 Å². The van der Waals surface area contributed by atoms with Crippen molar-refractivity contribution in [2.24, 2.45) is 0 Å². The Kier molecular flexibility index (Phi) is 5.90. The third kappa shape index (κ3) is 5.01. The number of amides is 1. The van der Waals surface area contributed by atoms with Gasteiger partial charge in [-0.25, -0.2) is 0 Å². The molecule has 2 aromatic rings. The van der Waals surface area contributed by atoms with Gasteiger partial charge in [0, 0.05) is 12.1 Å². The van der Waals surface area contributed by atoms with Crippen molar-refractivity contribution in [3.05, 3.63) is 71.7 Å². The lowest BCUT2D eigenvalue weighted by Gasteiger charge is -2.24. The molecule has 4 rings (SSSR count). The van der Waals surface area contributed by atoms with Crippen molar-refractivity contribution in [2.75, 3.05) is 12.9 Å². The minimum absolute atomic E-state index is 0.0973. The number of hydrogen-bond donors (Lipinski definition) is 0. The number of hydrogen-bond acceptors (Lipinski definition) is 6. The number of carbonyl (C=O) groups excluding carboxylic acids is 1. The van der Waals surface area contributed by atoms with Gasteiger partial charge < -0.3 is 23.8 Å². The molecule has 10 heteroatoms. The van der Waals surface area contributed by atoms with Gasteiger partial charge in [0.25, 0.3) is 6.29 Å². The SMILES string of the molecule is COc1cccc(C2OC=C(C3SCC(=O)N3Cc3ccc(OC(F)(F)F)cc3)O2)c1. The molecule has 2 aliphatic rings. The zero-order chi connectivity index (χ0) is 22.0. The third-order valence-electron chi connectivity index (χ3n) is 4.64. The molecule has 1 amide bonds. The molecule has 1 fully saturated rings. The van der Waals surface area contributed by atoms with E-state index in [0.717, 1.165) is 5.56 Å². The average Bonchev–Trinajstić information content (AvgIpc) is 3.36. The van der Waals surface area contributed by atoms with Crippen LogP contribution >= 0.6 is 11.8 Å². The van der Waals surface area contributed by atoms with Crippen molar-refractivity contribution in [3.8, 4) is 11.5 Å². The second-order valence-corrected chi connectivity index (χ2v) is 7.83. The predicted molar refractivity (Wildman–Crippen MR) is 106 cm³/mol. The molecule has 2 aromatic carbocycles. The largest absolute Gasteiger partial charge is 0.573 e. The van der Waals surface area contributed by atoms with Crippen LogP contribution in [0.2, 0.25) is 0 Å². The van der Waals surface area contributed by atoms with Crippen LogP contribution in [0.3, 0.4) is 0 Å². The van der Waals surface area contributed by atoms with Crippen LogP contribution in [0.4, 0.5) is 13.2 Å². The number of rotatable bonds is 6. The number of nitrogens with zero attached hydrogens (tertiary/aromatic N) is 1. The maximum absolute atomic E-state index is 12.4. The Morgan fingerprint density at radius 2 is 1.94 bits per heavy atom. The van der Waals surface area contributed by atoms with E-state index in [1.165, 1.54) is 42.3 Å². The molecule has 1 saturated heterocycles. The topological polar surface area (TPSA) is 57.2 Å². The van der Waals surface area contributed by atoms with E-state index in [4.69, 9.17) is 14.2 Å². The molecule has 0 N–H and O–H groups in total. The van der Waals surface area contributed by atoms with Gasteiger partial charge in [0.1, 0.15) is 23.1 Å². The summed E-state index contributed by atoms with van der Waals surface area (Å²) >= 11 is 1.40. The third-order valence-corrected chi connectivity index (χ3v) is 5.85. The monoisotopic (exact) mass is 453 g/mol. The van der Waals surface area contributed by atoms with Crippen molar-refractivity contribution in [1.82, 2.24) is 4.90 Å². The zero-order valence-corrected chi connectivity index (χ0v) is 17.1. The highest BCUT2D eigenvalue weighted by Crippen LogP contribution is 2.39. The Labute approximate surface area is 180 Å². The van der Waals surface area contributed by atoms with Crippen LogP contribution in [0.5, 0.6) is 11.5 Å². The summed E-state index contributed by atoms with van der Waals surface area (Å²) in [7, 11) is 1.57. The number of carbonyl (C=O) groups is 1. The molecule has 2 heterocycles. The van der Waals surface area contributed by atoms with E-state index >= 15 is 0 Å². The molecule has 0 saturated carbocycles. The lowest BCUT2D eigenvalue weighted by molar-refractivity contribution is -0.274. The summed E-state index contributed by atoms with van der Waals surface area (Å²) in [5, 5.41) is -0.394. The standard InChI is InChI=1S/C21H18F3NO5S/c1-27-16-4-2-3-14(9-16)20-28-11-17(29-20)19-25(18(26)12-31-19)10-13-5-7-15(8-6-13)30-21(22,23)24/h2-9,11,19-20H,10,12H2,1H3. The normalized spacial score (nSPS) is 20.8. The van der Waals surface area contributed by atoms with Crippen LogP contribution in [0.25, 0.3) is 0 Å². The first-order valence-corrected chi connectivity index (χ1v) is 10.3. The Morgan fingerprint density at radius 3 is 2.65 bits per heavy atom. The van der Waals surface area contributed by atoms with Gasteiger partial charge in [-0.2, -0.15) is 0 Å². The predicted octanol–water partition coefficient (Wildman–Crippen LogP) is 4.58. The van der Waals surface area contributed by atoms with Crippen molar-refractivity contribution in [1.29, 1.82) is 0 Å². The Morgan fingerprint density at radius 1 is 1.16 bits per heavy atom. The van der Waals surface area contributed by atoms with E-state index in [0.29, 0.717) is 17.1 Å². The number of halogens is 3. The quantitative estimate of drug-likeness (QED) is 0.638. The molecule has 0 aliphatic carbocycles. The van der Waals surface area contributed by atoms with E-state index in [1.807, 2.05) is 18.2 Å². The van der Waals surface area contributed by atoms with Crippen LogP contribution in [0.15, 0.2) is 60.6 Å². The first-order valence-electron chi connectivity index (χ1n) is 9.24. The van der Waals surface area contributed by atoms with Crippen LogP contribution in [-0.4, -0.2) is 35.4 Å². The van der Waals surface area contributed by atoms with Gasteiger partial charge in [-0.3, -0.25) is 4.79 Å². The molecular formula is C21H18F3NO5S. The zero-order valence-electron chi connectivity index (χ0n) is 16.3. The van der Waals surface area contributed by atoms with Crippen molar-refractivity contribution >= 4 is 17.7 Å². The highest BCUT2D eigenvalue weighted by Gasteiger charge is 2.39. The smallest absolute Gasteiger partial charge is 0.497 e. The fraction of sp³-hybridized carbons (Fsp3) is 0.286. The summed E-state index contributed by atoms with van der Waals surface area (Å²) in [4.78, 5) is 14.0. The van der Waals surface area contributed by atoms with Gasteiger partial charge in [-0.05, 0) is 29.8 Å². The second-order valence-electron chi connectivity index (χ2n) is 6.76. The Bertz CT molecular complexity index is 980. The second kappa shape index (κ2) is 8.62. The molecule has 164 valence electrons. The summed E-state index contributed by atoms with van der Waals surface area (Å²) in [6.45, 7) is 0.216. The maximum atomic E-state index is 12.4. The van der Waals surface area contributed by atoms with E-state index in [9.17, 15) is 18.0 Å². The van der Waals surface area contributed by atoms with Gasteiger partial charge in [0.2, 0.25) is 5.91 Å². The van der Waals surface area contributed by atoms with Crippen LogP contribution < -0.4 is 9.47 Å². The number of benzene rings is 2. The summed E-state index contributed by atoms with van der Waals surface area (Å²) in [6.07, 6.45) is -3.91. The van der Waals surface area contributed by atoms with Crippen LogP contribution in [0, 0.1) is 0 Å². The summed E-state index contributed by atoms with van der Waals surface area (Å²) in [5.74, 6) is 1.03. The van der Waals surface area contributed by atoms with E-state index < -0.39 is 18.0 Å². The van der Waals surface area contributed by atoms with Crippen LogP contribution in [-0.2, 0) is 20.8 Å². The minimum Gasteiger partial charge on any atom is -0.497 e. The van der Waals surface area contributed by atoms with Crippen molar-refractivity contribution < 1.29 is 36.9 Å². The van der Waals surface area contributed by atoms with E-state index in [1.54, 1.807) is 18.1 Å². The minimum atomic E-state index is -4.75. The molecule has 2 unspecified atom stereocenters. The number of thioether (sulfide) groups is 1. The van der Waals surface area contributed by atoms with E-state index in [2.05, 4.69) is 4.74 Å². The van der Waals surface area contributed by atoms with Gasteiger partial charge in [-0.1, -0.05) is 24.3 Å². The summed E-state index contributed by atoms with van der Waals surface area (Å²) in [5.41, 5.74) is 1.44. The van der Waals surface area contributed by atoms with Gasteiger partial charge >= 0.3 is 6.36 Å². The fourth-order valence-corrected chi connectivity index (χ4v) is 4.33. The average molecular weight is 453 g/mol. The molecule has 0 bridgehead atoms. The fourth-order valence-electron chi connectivity index (χ4n) is 3.21.